The molecule has 0 bridgehead atoms. The van der Waals surface area contributed by atoms with E-state index in [1.54, 1.807) is 24.7 Å². The Balaban J connectivity index is 1.87. The molecule has 1 atom stereocenters. The third-order valence-corrected chi connectivity index (χ3v) is 4.84. The van der Waals surface area contributed by atoms with Gasteiger partial charge in [0.25, 0.3) is 0 Å². The van der Waals surface area contributed by atoms with Gasteiger partial charge in [-0.25, -0.2) is 9.97 Å². The molecule has 29 heavy (non-hydrogen) atoms. The van der Waals surface area contributed by atoms with Crippen molar-refractivity contribution in [1.29, 1.82) is 0 Å². The predicted octanol–water partition coefficient (Wildman–Crippen LogP) is 4.04. The maximum atomic E-state index is 11.4. The van der Waals surface area contributed by atoms with Gasteiger partial charge in [0.15, 0.2) is 0 Å². The number of aromatic nitrogens is 4. The number of aryl methyl sites for hydroxylation is 1. The second-order valence-corrected chi connectivity index (χ2v) is 7.07. The van der Waals surface area contributed by atoms with E-state index in [-0.39, 0.29) is 5.91 Å². The second-order valence-electron chi connectivity index (χ2n) is 7.07. The van der Waals surface area contributed by atoms with Crippen LogP contribution in [0.15, 0.2) is 43.0 Å². The zero-order valence-electron chi connectivity index (χ0n) is 17.6. The number of nitrogens with zero attached hydrogens (tertiary/aromatic N) is 4. The largest absolute Gasteiger partial charge is 0.387 e. The normalized spacial score (nSPS) is 14.0. The molecule has 0 spiro atoms. The van der Waals surface area contributed by atoms with Crippen molar-refractivity contribution < 1.29 is 11.3 Å². The molecule has 0 aliphatic rings. The Kier molecular flexibility index (Phi) is 4.65. The molecule has 0 unspecified atom stereocenters. The van der Waals surface area contributed by atoms with Gasteiger partial charge >= 0.3 is 0 Å². The maximum absolute atomic E-state index is 11.4. The van der Waals surface area contributed by atoms with Crippen LogP contribution < -0.4 is 5.32 Å². The number of fused-ring (bicyclic) bond motifs is 3. The highest BCUT2D eigenvalue weighted by molar-refractivity contribution is 5.95. The van der Waals surface area contributed by atoms with Crippen molar-refractivity contribution in [3.8, 4) is 11.1 Å². The van der Waals surface area contributed by atoms with Crippen LogP contribution >= 0.6 is 0 Å². The van der Waals surface area contributed by atoms with Crippen LogP contribution in [0.4, 0.5) is 5.82 Å². The lowest BCUT2D eigenvalue weighted by atomic mass is 10.00. The van der Waals surface area contributed by atoms with Crippen molar-refractivity contribution in [1.82, 2.24) is 19.4 Å². The molecule has 2 N–H and O–H groups in total. The summed E-state index contributed by atoms with van der Waals surface area (Å²) in [6.45, 7) is 5.31. The first-order chi connectivity index (χ1) is 14.3. The zero-order chi connectivity index (χ0) is 21.5. The first kappa shape index (κ1) is 17.8. The average molecular weight is 390 g/mol. The number of carbonyl (C=O) groups excluding carboxylic acids is 1. The summed E-state index contributed by atoms with van der Waals surface area (Å²) < 4.78 is 10.1. The van der Waals surface area contributed by atoms with Crippen molar-refractivity contribution in [2.24, 2.45) is 0 Å². The Morgan fingerprint density at radius 3 is 2.79 bits per heavy atom. The van der Waals surface area contributed by atoms with Crippen molar-refractivity contribution in [3.05, 3.63) is 54.2 Å². The van der Waals surface area contributed by atoms with Gasteiger partial charge in [0.1, 0.15) is 11.5 Å². The van der Waals surface area contributed by atoms with Crippen LogP contribution in [0.1, 0.15) is 45.4 Å². The number of imidazole rings is 1. The van der Waals surface area contributed by atoms with Gasteiger partial charge in [0.05, 0.1) is 18.7 Å². The molecule has 4 rings (SSSR count). The lowest BCUT2D eigenvalue weighted by Gasteiger charge is -2.14. The van der Waals surface area contributed by atoms with Gasteiger partial charge in [-0.3, -0.25) is 14.2 Å². The lowest BCUT2D eigenvalue weighted by Crippen LogP contribution is -2.07. The van der Waals surface area contributed by atoms with E-state index >= 15 is 0 Å². The first-order valence-electron chi connectivity index (χ1n) is 10.0. The maximum Gasteiger partial charge on any atom is 0.222 e. The van der Waals surface area contributed by atoms with Crippen LogP contribution in [0.25, 0.3) is 27.7 Å². The SMILES string of the molecule is [2H][C@@](O)(CCC)c1cc(C)c(-c2cc3cnc(NC(C)=O)cc3n3ccnc23)cn1. The summed E-state index contributed by atoms with van der Waals surface area (Å²) in [5.74, 6) is 0.296. The third-order valence-electron chi connectivity index (χ3n) is 4.84. The van der Waals surface area contributed by atoms with Crippen LogP contribution in [0.3, 0.4) is 0 Å². The van der Waals surface area contributed by atoms with Crippen LogP contribution in [-0.2, 0) is 4.79 Å². The molecule has 0 saturated heterocycles. The summed E-state index contributed by atoms with van der Waals surface area (Å²) in [7, 11) is 0. The summed E-state index contributed by atoms with van der Waals surface area (Å²) in [5, 5.41) is 14.0. The van der Waals surface area contributed by atoms with Gasteiger partial charge < -0.3 is 10.4 Å². The minimum Gasteiger partial charge on any atom is -0.387 e. The highest BCUT2D eigenvalue weighted by Gasteiger charge is 2.15. The summed E-state index contributed by atoms with van der Waals surface area (Å²) in [5.41, 5.74) is 4.60. The van der Waals surface area contributed by atoms with E-state index in [1.165, 1.54) is 6.92 Å². The molecular formula is C22H23N5O2. The molecular weight excluding hydrogens is 366 g/mol. The Bertz CT molecular complexity index is 1270. The molecule has 4 aromatic rings. The smallest absolute Gasteiger partial charge is 0.222 e. The number of aliphatic hydroxyl groups is 1. The summed E-state index contributed by atoms with van der Waals surface area (Å²) in [6, 6.07) is 5.57. The van der Waals surface area contributed by atoms with Crippen molar-refractivity contribution in [2.75, 3.05) is 5.32 Å². The van der Waals surface area contributed by atoms with E-state index in [1.807, 2.05) is 36.6 Å². The van der Waals surface area contributed by atoms with Crippen molar-refractivity contribution in [3.63, 3.8) is 0 Å². The molecule has 0 aliphatic carbocycles. The fourth-order valence-corrected chi connectivity index (χ4v) is 3.50. The highest BCUT2D eigenvalue weighted by Crippen LogP contribution is 2.32. The summed E-state index contributed by atoms with van der Waals surface area (Å²) >= 11 is 0. The first-order valence-corrected chi connectivity index (χ1v) is 9.53. The average Bonchev–Trinajstić information content (AvgIpc) is 3.17. The van der Waals surface area contributed by atoms with E-state index in [0.717, 1.165) is 33.2 Å². The second kappa shape index (κ2) is 7.60. The molecule has 7 heteroatoms. The van der Waals surface area contributed by atoms with Crippen LogP contribution in [0.2, 0.25) is 0 Å². The van der Waals surface area contributed by atoms with Crippen LogP contribution in [-0.4, -0.2) is 30.4 Å². The number of hydrogen-bond donors (Lipinski definition) is 2. The topological polar surface area (TPSA) is 92.4 Å². The van der Waals surface area contributed by atoms with Crippen LogP contribution in [0.5, 0.6) is 0 Å². The monoisotopic (exact) mass is 390 g/mol. The third kappa shape index (κ3) is 3.56. The quantitative estimate of drug-likeness (QED) is 0.536. The molecule has 1 amide bonds. The van der Waals surface area contributed by atoms with Crippen molar-refractivity contribution >= 4 is 28.3 Å². The van der Waals surface area contributed by atoms with Gasteiger partial charge in [-0.2, -0.15) is 0 Å². The fourth-order valence-electron chi connectivity index (χ4n) is 3.50. The molecule has 0 aliphatic heterocycles. The van der Waals surface area contributed by atoms with Gasteiger partial charge in [-0.15, -0.1) is 0 Å². The van der Waals surface area contributed by atoms with E-state index in [9.17, 15) is 9.90 Å². The molecule has 0 radical (unpaired) electrons. The van der Waals surface area contributed by atoms with E-state index in [0.29, 0.717) is 24.4 Å². The number of amides is 1. The Hall–Kier alpha value is -3.32. The summed E-state index contributed by atoms with van der Waals surface area (Å²) in [4.78, 5) is 24.6. The van der Waals surface area contributed by atoms with Gasteiger partial charge in [-0.1, -0.05) is 13.3 Å². The number of anilines is 1. The Morgan fingerprint density at radius 1 is 1.24 bits per heavy atom. The van der Waals surface area contributed by atoms with Crippen LogP contribution in [0, 0.1) is 6.92 Å². The van der Waals surface area contributed by atoms with E-state index in [2.05, 4.69) is 20.3 Å². The van der Waals surface area contributed by atoms with Gasteiger partial charge in [0, 0.05) is 54.3 Å². The molecule has 4 aromatic heterocycles. The van der Waals surface area contributed by atoms with Gasteiger partial charge in [0.2, 0.25) is 5.91 Å². The lowest BCUT2D eigenvalue weighted by molar-refractivity contribution is -0.114. The van der Waals surface area contributed by atoms with E-state index in [4.69, 9.17) is 1.37 Å². The molecule has 0 saturated carbocycles. The Labute approximate surface area is 169 Å². The molecule has 7 nitrogen and oxygen atoms in total. The summed E-state index contributed by atoms with van der Waals surface area (Å²) in [6.07, 6.45) is 6.29. The number of nitrogens with one attached hydrogen (secondary N) is 1. The van der Waals surface area contributed by atoms with E-state index < -0.39 is 6.08 Å². The number of rotatable bonds is 5. The molecule has 148 valence electrons. The minimum absolute atomic E-state index is 0.181. The molecule has 0 fully saturated rings. The zero-order valence-corrected chi connectivity index (χ0v) is 16.6. The number of pyridine rings is 3. The number of carbonyl (C=O) groups is 1. The number of hydrogen-bond acceptors (Lipinski definition) is 5. The minimum atomic E-state index is -1.70. The van der Waals surface area contributed by atoms with Crippen molar-refractivity contribution in [2.45, 2.75) is 39.7 Å². The highest BCUT2D eigenvalue weighted by atomic mass is 16.3. The molecule has 4 heterocycles. The molecule has 0 aromatic carbocycles. The fraction of sp³-hybridized carbons (Fsp3) is 0.273. The Morgan fingerprint density at radius 2 is 2.07 bits per heavy atom. The van der Waals surface area contributed by atoms with Gasteiger partial charge in [-0.05, 0) is 31.0 Å². The predicted molar refractivity (Wildman–Crippen MR) is 113 cm³/mol. The standard InChI is InChI=1S/C22H23N5O2/c1-4-5-20(29)18-8-13(2)17(12-24-18)16-9-15-11-25-21(26-14(3)28)10-19(15)27-7-6-23-22(16)27/h6-12,20,29H,4-5H2,1-3H3,(H,25,26,28)/t20-/m1/s1/i20D.